The van der Waals surface area contributed by atoms with Crippen LogP contribution >= 0.6 is 11.6 Å². The number of nitrogens with zero attached hydrogens (tertiary/aromatic N) is 2. The Hall–Kier alpha value is -2.14. The highest BCUT2D eigenvalue weighted by Crippen LogP contribution is 2.21. The minimum absolute atomic E-state index is 0.250. The molecule has 1 heterocycles. The van der Waals surface area contributed by atoms with Gasteiger partial charge in [-0.15, -0.1) is 0 Å². The monoisotopic (exact) mass is 451 g/mol. The van der Waals surface area contributed by atoms with Crippen LogP contribution in [0.4, 0.5) is 10.1 Å². The van der Waals surface area contributed by atoms with E-state index in [0.717, 1.165) is 42.7 Å². The topological polar surface area (TPSA) is 73.2 Å². The van der Waals surface area contributed by atoms with Gasteiger partial charge >= 0.3 is 0 Å². The Morgan fingerprint density at radius 1 is 1.20 bits per heavy atom. The smallest absolute Gasteiger partial charge is 0.216 e. The molecule has 0 atom stereocenters. The number of hydrogen-bond donors (Lipinski definition) is 1. The van der Waals surface area contributed by atoms with Crippen molar-refractivity contribution in [2.24, 2.45) is 0 Å². The van der Waals surface area contributed by atoms with E-state index in [1.54, 1.807) is 42.4 Å². The van der Waals surface area contributed by atoms with Crippen molar-refractivity contribution in [3.63, 3.8) is 0 Å². The maximum Gasteiger partial charge on any atom is 0.216 e. The molecule has 8 heteroatoms. The second kappa shape index (κ2) is 10.8. The molecule has 5 nitrogen and oxygen atoms in total. The fourth-order valence-corrected chi connectivity index (χ4v) is 4.57. The summed E-state index contributed by atoms with van der Waals surface area (Å²) in [6, 6.07) is 11.8. The van der Waals surface area contributed by atoms with E-state index in [2.05, 4.69) is 5.32 Å². The van der Waals surface area contributed by atoms with Crippen LogP contribution in [0.25, 0.3) is 0 Å². The molecular weight excluding hydrogens is 425 g/mol. The minimum atomic E-state index is -2.94. The largest absolute Gasteiger partial charge is 0.381 e. The highest BCUT2D eigenvalue weighted by molar-refractivity contribution is 7.89. The van der Waals surface area contributed by atoms with E-state index in [0.29, 0.717) is 17.1 Å². The maximum absolute atomic E-state index is 13.2. The third-order valence-electron chi connectivity index (χ3n) is 4.90. The summed E-state index contributed by atoms with van der Waals surface area (Å²) >= 11 is 5.95. The van der Waals surface area contributed by atoms with Gasteiger partial charge in [-0.25, -0.2) is 17.1 Å². The molecule has 3 rings (SSSR count). The lowest BCUT2D eigenvalue weighted by Crippen LogP contribution is -2.33. The molecule has 0 bridgehead atoms. The third-order valence-corrected chi connectivity index (χ3v) is 7.49. The predicted molar refractivity (Wildman–Crippen MR) is 119 cm³/mol. The van der Waals surface area contributed by atoms with Gasteiger partial charge in [-0.05, 0) is 75.1 Å². The van der Waals surface area contributed by atoms with E-state index in [1.807, 2.05) is 13.0 Å². The molecule has 0 radical (unpaired) electrons. The summed E-state index contributed by atoms with van der Waals surface area (Å²) in [7, 11) is -2.94. The molecule has 0 amide bonds. The van der Waals surface area contributed by atoms with Crippen LogP contribution < -0.4 is 5.32 Å². The molecule has 1 aliphatic rings. The van der Waals surface area contributed by atoms with Crippen molar-refractivity contribution in [2.45, 2.75) is 45.4 Å². The summed E-state index contributed by atoms with van der Waals surface area (Å²) < 4.78 is 37.7. The van der Waals surface area contributed by atoms with Crippen molar-refractivity contribution in [1.82, 2.24) is 4.31 Å². The van der Waals surface area contributed by atoms with Crippen LogP contribution in [-0.4, -0.2) is 31.1 Å². The van der Waals surface area contributed by atoms with Gasteiger partial charge in [-0.2, -0.15) is 5.26 Å². The van der Waals surface area contributed by atoms with Crippen LogP contribution in [0.5, 0.6) is 0 Å². The summed E-state index contributed by atoms with van der Waals surface area (Å²) in [6.45, 7) is 7.34. The first-order valence-corrected chi connectivity index (χ1v) is 11.7. The quantitative estimate of drug-likeness (QED) is 0.687. The Balaban J connectivity index is 0.000000248. The lowest BCUT2D eigenvalue weighted by molar-refractivity contribution is 0.470. The van der Waals surface area contributed by atoms with Crippen LogP contribution in [-0.2, 0) is 16.6 Å². The molecule has 0 aromatic heterocycles. The van der Waals surface area contributed by atoms with Crippen LogP contribution in [0.1, 0.15) is 43.4 Å². The Morgan fingerprint density at radius 2 is 1.87 bits per heavy atom. The lowest BCUT2D eigenvalue weighted by atomic mass is 10.1. The van der Waals surface area contributed by atoms with Crippen molar-refractivity contribution in [2.75, 3.05) is 18.4 Å². The number of aryl methyl sites for hydroxylation is 1. The zero-order valence-corrected chi connectivity index (χ0v) is 19.0. The number of nitriles is 1. The first-order valence-electron chi connectivity index (χ1n) is 9.82. The Labute approximate surface area is 183 Å². The van der Waals surface area contributed by atoms with E-state index >= 15 is 0 Å². The van der Waals surface area contributed by atoms with Gasteiger partial charge in [-0.3, -0.25) is 0 Å². The van der Waals surface area contributed by atoms with Crippen molar-refractivity contribution in [3.8, 4) is 6.07 Å². The van der Waals surface area contributed by atoms with E-state index in [1.165, 1.54) is 12.1 Å². The van der Waals surface area contributed by atoms with Crippen molar-refractivity contribution >= 4 is 27.3 Å². The molecule has 162 valence electrons. The molecule has 1 saturated heterocycles. The fourth-order valence-electron chi connectivity index (χ4n) is 2.98. The maximum atomic E-state index is 13.2. The van der Waals surface area contributed by atoms with Crippen molar-refractivity contribution in [1.29, 1.82) is 5.26 Å². The summed E-state index contributed by atoms with van der Waals surface area (Å²) in [5.41, 5.74) is 3.15. The summed E-state index contributed by atoms with van der Waals surface area (Å²) in [5, 5.41) is 12.1. The average molecular weight is 452 g/mol. The molecule has 0 aliphatic carbocycles. The summed E-state index contributed by atoms with van der Waals surface area (Å²) in [4.78, 5) is 0. The number of sulfonamides is 1. The van der Waals surface area contributed by atoms with Gasteiger partial charge < -0.3 is 5.32 Å². The highest BCUT2D eigenvalue weighted by atomic mass is 35.5. The van der Waals surface area contributed by atoms with Crippen LogP contribution in [0, 0.1) is 24.1 Å². The number of nitrogens with one attached hydrogen (secondary N) is 1. The summed E-state index contributed by atoms with van der Waals surface area (Å²) in [6.07, 6.45) is 2.04. The van der Waals surface area contributed by atoms with E-state index in [-0.39, 0.29) is 11.1 Å². The molecule has 1 aliphatic heterocycles. The molecule has 0 unspecified atom stereocenters. The van der Waals surface area contributed by atoms with Crippen LogP contribution in [0.3, 0.4) is 0 Å². The highest BCUT2D eigenvalue weighted by Gasteiger charge is 2.27. The first kappa shape index (κ1) is 24.1. The Kier molecular flexibility index (Phi) is 8.65. The molecule has 0 spiro atoms. The van der Waals surface area contributed by atoms with Gasteiger partial charge in [0.1, 0.15) is 11.9 Å². The van der Waals surface area contributed by atoms with Gasteiger partial charge in [0, 0.05) is 25.3 Å². The molecule has 1 fully saturated rings. The average Bonchev–Trinajstić information content (AvgIpc) is 3.25. The zero-order valence-electron chi connectivity index (χ0n) is 17.5. The van der Waals surface area contributed by atoms with Gasteiger partial charge in [-0.1, -0.05) is 17.7 Å². The number of halogens is 2. The first-order chi connectivity index (χ1) is 14.1. The molecule has 1 N–H and O–H groups in total. The van der Waals surface area contributed by atoms with E-state index in [4.69, 9.17) is 16.9 Å². The van der Waals surface area contributed by atoms with Gasteiger partial charge in [0.25, 0.3) is 0 Å². The molecule has 30 heavy (non-hydrogen) atoms. The van der Waals surface area contributed by atoms with Crippen LogP contribution in [0.2, 0.25) is 5.02 Å². The molecule has 2 aromatic rings. The number of anilines is 1. The van der Waals surface area contributed by atoms with Crippen molar-refractivity contribution < 1.29 is 12.8 Å². The van der Waals surface area contributed by atoms with Gasteiger partial charge in [0.2, 0.25) is 10.0 Å². The molecule has 2 aromatic carbocycles. The standard InChI is InChI=1S/C15H12ClFN2.C7H15NO2S/c1-10-2-4-13(17)6-12(10)9-19-14-5-3-11(8-18)15(16)7-14;1-7(2)11(9,10)8-5-3-4-6-8/h2-7,19H,9H2,1H3;7H,3-6H2,1-2H3. The van der Waals surface area contributed by atoms with Crippen LogP contribution in [0.15, 0.2) is 36.4 Å². The number of benzene rings is 2. The van der Waals surface area contributed by atoms with E-state index in [9.17, 15) is 12.8 Å². The zero-order chi connectivity index (χ0) is 22.3. The number of rotatable bonds is 5. The Bertz CT molecular complexity index is 1010. The third kappa shape index (κ3) is 6.43. The molecule has 0 saturated carbocycles. The lowest BCUT2D eigenvalue weighted by Gasteiger charge is -2.17. The minimum Gasteiger partial charge on any atom is -0.381 e. The predicted octanol–water partition coefficient (Wildman–Crippen LogP) is 5.09. The van der Waals surface area contributed by atoms with Gasteiger partial charge in [0.15, 0.2) is 0 Å². The number of hydrogen-bond acceptors (Lipinski definition) is 4. The fraction of sp³-hybridized carbons (Fsp3) is 0.409. The normalized spacial score (nSPS) is 14.2. The van der Waals surface area contributed by atoms with Gasteiger partial charge in [0.05, 0.1) is 15.8 Å². The second-order valence-electron chi connectivity index (χ2n) is 7.43. The second-order valence-corrected chi connectivity index (χ2v) is 10.3. The van der Waals surface area contributed by atoms with E-state index < -0.39 is 10.0 Å². The molecular formula is C22H27ClFN3O2S. The summed E-state index contributed by atoms with van der Waals surface area (Å²) in [5.74, 6) is -0.250. The SMILES string of the molecule is CC(C)S(=O)(=O)N1CCCC1.Cc1ccc(F)cc1CNc1ccc(C#N)c(Cl)c1. The Morgan fingerprint density at radius 3 is 2.43 bits per heavy atom. The van der Waals surface area contributed by atoms with Crippen molar-refractivity contribution in [3.05, 3.63) is 63.9 Å².